The number of nitrogens with zero attached hydrogens (tertiary/aromatic N) is 2. The molecule has 1 aliphatic rings. The van der Waals surface area contributed by atoms with Gasteiger partial charge >= 0.3 is 5.97 Å². The Kier molecular flexibility index (Phi) is 5.70. The molecule has 152 valence electrons. The number of fused-ring (bicyclic) bond motifs is 1. The number of thiazole rings is 1. The second-order valence-corrected chi connectivity index (χ2v) is 8.15. The molecule has 0 saturated heterocycles. The first-order valence-corrected chi connectivity index (χ1v) is 10.7. The highest BCUT2D eigenvalue weighted by Gasteiger charge is 2.34. The molecule has 0 amide bonds. The first-order chi connectivity index (χ1) is 14.5. The zero-order chi connectivity index (χ0) is 21.3. The molecule has 4 rings (SSSR count). The summed E-state index contributed by atoms with van der Waals surface area (Å²) in [5.74, 6) is -0.499. The number of ether oxygens (including phenoxy) is 1. The number of hydrogen-bond acceptors (Lipinski definition) is 5. The highest BCUT2D eigenvalue weighted by molar-refractivity contribution is 7.07. The average molecular weight is 439 g/mol. The molecule has 0 N–H and O–H groups in total. The Hall–Kier alpha value is -2.96. The van der Waals surface area contributed by atoms with E-state index in [4.69, 9.17) is 16.3 Å². The number of carbonyl (C=O) groups excluding carboxylic acids is 1. The Labute approximate surface area is 182 Å². The van der Waals surface area contributed by atoms with E-state index in [1.165, 1.54) is 11.3 Å². The Balaban J connectivity index is 1.99. The Morgan fingerprint density at radius 1 is 1.20 bits per heavy atom. The largest absolute Gasteiger partial charge is 0.463 e. The van der Waals surface area contributed by atoms with E-state index in [0.717, 1.165) is 5.56 Å². The Bertz CT molecular complexity index is 1320. The lowest BCUT2D eigenvalue weighted by atomic mass is 9.96. The Morgan fingerprint density at radius 3 is 2.60 bits per heavy atom. The summed E-state index contributed by atoms with van der Waals surface area (Å²) in [6.07, 6.45) is 1.83. The minimum atomic E-state index is -0.702. The van der Waals surface area contributed by atoms with Crippen molar-refractivity contribution in [2.24, 2.45) is 4.99 Å². The SMILES string of the molecule is CCOC(=O)C1=C(C)N=c2s/c(=C/c3ccccc3)c(=O)n2[C@@H]1c1ccccc1Cl. The summed E-state index contributed by atoms with van der Waals surface area (Å²) in [6.45, 7) is 3.72. The molecule has 1 aliphatic heterocycles. The van der Waals surface area contributed by atoms with Crippen LogP contribution in [0.2, 0.25) is 5.02 Å². The number of esters is 1. The molecular weight excluding hydrogens is 420 g/mol. The van der Waals surface area contributed by atoms with Crippen LogP contribution in [0.5, 0.6) is 0 Å². The van der Waals surface area contributed by atoms with Crippen LogP contribution >= 0.6 is 22.9 Å². The fraction of sp³-hybridized carbons (Fsp3) is 0.174. The third-order valence-corrected chi connectivity index (χ3v) is 6.14. The third kappa shape index (κ3) is 3.64. The molecule has 3 aromatic rings. The normalized spacial score (nSPS) is 16.2. The minimum absolute atomic E-state index is 0.221. The molecule has 30 heavy (non-hydrogen) atoms. The van der Waals surface area contributed by atoms with Gasteiger partial charge in [0.25, 0.3) is 5.56 Å². The molecule has 0 bridgehead atoms. The molecular formula is C23H19ClN2O3S. The molecule has 2 aromatic carbocycles. The van der Waals surface area contributed by atoms with E-state index in [1.54, 1.807) is 24.5 Å². The number of halogens is 1. The summed E-state index contributed by atoms with van der Waals surface area (Å²) < 4.78 is 7.36. The lowest BCUT2D eigenvalue weighted by molar-refractivity contribution is -0.139. The summed E-state index contributed by atoms with van der Waals surface area (Å²) in [4.78, 5) is 31.3. The zero-order valence-corrected chi connectivity index (χ0v) is 18.0. The number of aromatic nitrogens is 1. The molecule has 2 heterocycles. The van der Waals surface area contributed by atoms with Gasteiger partial charge in [-0.1, -0.05) is 71.5 Å². The van der Waals surface area contributed by atoms with Gasteiger partial charge in [0.2, 0.25) is 0 Å². The molecule has 1 atom stereocenters. The monoisotopic (exact) mass is 438 g/mol. The summed E-state index contributed by atoms with van der Waals surface area (Å²) in [7, 11) is 0. The van der Waals surface area contributed by atoms with E-state index < -0.39 is 12.0 Å². The first-order valence-electron chi connectivity index (χ1n) is 9.50. The van der Waals surface area contributed by atoms with Crippen molar-refractivity contribution in [3.63, 3.8) is 0 Å². The van der Waals surface area contributed by atoms with Gasteiger partial charge in [-0.3, -0.25) is 9.36 Å². The molecule has 0 saturated carbocycles. The summed E-state index contributed by atoms with van der Waals surface area (Å²) in [5, 5.41) is 0.469. The van der Waals surface area contributed by atoms with Gasteiger partial charge in [0.05, 0.1) is 22.4 Å². The molecule has 0 radical (unpaired) electrons. The van der Waals surface area contributed by atoms with Crippen LogP contribution in [0.15, 0.2) is 75.7 Å². The van der Waals surface area contributed by atoms with E-state index >= 15 is 0 Å². The fourth-order valence-electron chi connectivity index (χ4n) is 3.48. The van der Waals surface area contributed by atoms with E-state index in [-0.39, 0.29) is 12.2 Å². The summed E-state index contributed by atoms with van der Waals surface area (Å²) in [6, 6.07) is 16.1. The summed E-state index contributed by atoms with van der Waals surface area (Å²) >= 11 is 7.77. The van der Waals surface area contributed by atoms with Gasteiger partial charge in [0.15, 0.2) is 4.80 Å². The number of carbonyl (C=O) groups is 1. The highest BCUT2D eigenvalue weighted by Crippen LogP contribution is 2.34. The van der Waals surface area contributed by atoms with Gasteiger partial charge in [-0.05, 0) is 37.1 Å². The minimum Gasteiger partial charge on any atom is -0.463 e. The smallest absolute Gasteiger partial charge is 0.338 e. The molecule has 0 spiro atoms. The van der Waals surface area contributed by atoms with Crippen LogP contribution in [-0.2, 0) is 9.53 Å². The van der Waals surface area contributed by atoms with Gasteiger partial charge < -0.3 is 4.74 Å². The van der Waals surface area contributed by atoms with Crippen molar-refractivity contribution in [1.82, 2.24) is 4.57 Å². The quantitative estimate of drug-likeness (QED) is 0.586. The summed E-state index contributed by atoms with van der Waals surface area (Å²) in [5.41, 5.74) is 2.19. The van der Waals surface area contributed by atoms with Crippen molar-refractivity contribution in [1.29, 1.82) is 0 Å². The molecule has 7 heteroatoms. The van der Waals surface area contributed by atoms with Crippen molar-refractivity contribution in [3.8, 4) is 0 Å². The van der Waals surface area contributed by atoms with Crippen molar-refractivity contribution in [2.75, 3.05) is 6.61 Å². The topological polar surface area (TPSA) is 60.7 Å². The first kappa shape index (κ1) is 20.3. The van der Waals surface area contributed by atoms with Gasteiger partial charge in [0, 0.05) is 5.02 Å². The zero-order valence-electron chi connectivity index (χ0n) is 16.5. The van der Waals surface area contributed by atoms with E-state index in [2.05, 4.69) is 4.99 Å². The van der Waals surface area contributed by atoms with Gasteiger partial charge in [-0.15, -0.1) is 0 Å². The molecule has 0 unspecified atom stereocenters. The van der Waals surface area contributed by atoms with Crippen LogP contribution in [0.4, 0.5) is 0 Å². The van der Waals surface area contributed by atoms with E-state index in [0.29, 0.717) is 31.2 Å². The van der Waals surface area contributed by atoms with Crippen LogP contribution in [0, 0.1) is 0 Å². The lowest BCUT2D eigenvalue weighted by Crippen LogP contribution is -2.40. The fourth-order valence-corrected chi connectivity index (χ4v) is 4.77. The number of rotatable bonds is 4. The second-order valence-electron chi connectivity index (χ2n) is 6.73. The third-order valence-electron chi connectivity index (χ3n) is 4.81. The Morgan fingerprint density at radius 2 is 1.90 bits per heavy atom. The van der Waals surface area contributed by atoms with Crippen LogP contribution in [0.3, 0.4) is 0 Å². The predicted molar refractivity (Wildman–Crippen MR) is 118 cm³/mol. The van der Waals surface area contributed by atoms with Crippen LogP contribution < -0.4 is 14.9 Å². The second kappa shape index (κ2) is 8.42. The number of hydrogen-bond donors (Lipinski definition) is 0. The maximum Gasteiger partial charge on any atom is 0.338 e. The van der Waals surface area contributed by atoms with Crippen molar-refractivity contribution in [2.45, 2.75) is 19.9 Å². The number of allylic oxidation sites excluding steroid dienone is 1. The van der Waals surface area contributed by atoms with Crippen molar-refractivity contribution < 1.29 is 9.53 Å². The van der Waals surface area contributed by atoms with Gasteiger partial charge in [0.1, 0.15) is 6.04 Å². The number of benzene rings is 2. The predicted octanol–water partition coefficient (Wildman–Crippen LogP) is 3.45. The maximum absolute atomic E-state index is 13.4. The van der Waals surface area contributed by atoms with Crippen LogP contribution in [0.25, 0.3) is 6.08 Å². The van der Waals surface area contributed by atoms with Gasteiger partial charge in [-0.25, -0.2) is 9.79 Å². The van der Waals surface area contributed by atoms with Crippen LogP contribution in [-0.4, -0.2) is 17.1 Å². The molecule has 0 fully saturated rings. The van der Waals surface area contributed by atoms with Crippen molar-refractivity contribution >= 4 is 35.0 Å². The van der Waals surface area contributed by atoms with Crippen LogP contribution in [0.1, 0.15) is 31.0 Å². The van der Waals surface area contributed by atoms with E-state index in [1.807, 2.05) is 54.6 Å². The lowest BCUT2D eigenvalue weighted by Gasteiger charge is -2.25. The highest BCUT2D eigenvalue weighted by atomic mass is 35.5. The molecule has 0 aliphatic carbocycles. The maximum atomic E-state index is 13.4. The van der Waals surface area contributed by atoms with E-state index in [9.17, 15) is 9.59 Å². The standard InChI is InChI=1S/C23H19ClN2O3S/c1-3-29-22(28)19-14(2)25-23-26(20(19)16-11-7-8-12-17(16)24)21(27)18(30-23)13-15-9-5-4-6-10-15/h4-13,20H,3H2,1-2H3/b18-13+/t20-/m1/s1. The van der Waals surface area contributed by atoms with Gasteiger partial charge in [-0.2, -0.15) is 0 Å². The molecule has 5 nitrogen and oxygen atoms in total. The van der Waals surface area contributed by atoms with Crippen molar-refractivity contribution in [3.05, 3.63) is 102 Å². The molecule has 1 aromatic heterocycles. The average Bonchev–Trinajstić information content (AvgIpc) is 3.03.